The lowest BCUT2D eigenvalue weighted by atomic mass is 10.0. The standard InChI is InChI=1S/C20H37O2/c1-3-4-5-6-7-8-9-10-11-12-13-14-15-16-17-18-20(22)19(2)21/h2-18H2,1H3. The Kier molecular flexibility index (Phi) is 16.2. The summed E-state index contributed by atoms with van der Waals surface area (Å²) < 4.78 is 0. The Morgan fingerprint density at radius 2 is 0.909 bits per heavy atom. The van der Waals surface area contributed by atoms with Gasteiger partial charge in [-0.05, 0) is 6.42 Å². The molecule has 0 fully saturated rings. The number of unbranched alkanes of at least 4 members (excludes halogenated alkanes) is 14. The molecule has 0 spiro atoms. The van der Waals surface area contributed by atoms with E-state index in [1.54, 1.807) is 0 Å². The van der Waals surface area contributed by atoms with E-state index in [2.05, 4.69) is 13.8 Å². The zero-order valence-corrected chi connectivity index (χ0v) is 14.8. The van der Waals surface area contributed by atoms with Crippen molar-refractivity contribution in [3.05, 3.63) is 6.92 Å². The van der Waals surface area contributed by atoms with Crippen LogP contribution >= 0.6 is 0 Å². The first-order valence-electron chi connectivity index (χ1n) is 9.57. The number of carbonyl (C=O) groups is 2. The molecule has 0 rings (SSSR count). The van der Waals surface area contributed by atoms with Gasteiger partial charge in [0.05, 0.1) is 0 Å². The quantitative estimate of drug-likeness (QED) is 0.236. The molecule has 0 aliphatic carbocycles. The molecule has 22 heavy (non-hydrogen) atoms. The van der Waals surface area contributed by atoms with Gasteiger partial charge in [-0.3, -0.25) is 9.59 Å². The highest BCUT2D eigenvalue weighted by Crippen LogP contribution is 2.13. The Bertz CT molecular complexity index is 271. The van der Waals surface area contributed by atoms with Crippen LogP contribution in [0.5, 0.6) is 0 Å². The first-order chi connectivity index (χ1) is 10.7. The van der Waals surface area contributed by atoms with Crippen molar-refractivity contribution in [2.45, 2.75) is 110 Å². The largest absolute Gasteiger partial charge is 0.291 e. The maximum atomic E-state index is 11.1. The summed E-state index contributed by atoms with van der Waals surface area (Å²) in [5, 5.41) is 0. The smallest absolute Gasteiger partial charge is 0.198 e. The third-order valence-corrected chi connectivity index (χ3v) is 4.32. The van der Waals surface area contributed by atoms with E-state index < -0.39 is 5.78 Å². The van der Waals surface area contributed by atoms with Crippen LogP contribution < -0.4 is 0 Å². The summed E-state index contributed by atoms with van der Waals surface area (Å²) in [6.45, 7) is 5.41. The van der Waals surface area contributed by atoms with Gasteiger partial charge >= 0.3 is 0 Å². The summed E-state index contributed by atoms with van der Waals surface area (Å²) >= 11 is 0. The molecule has 0 unspecified atom stereocenters. The minimum Gasteiger partial charge on any atom is -0.291 e. The number of hydrogen-bond donors (Lipinski definition) is 0. The second-order valence-electron chi connectivity index (χ2n) is 6.55. The lowest BCUT2D eigenvalue weighted by Crippen LogP contribution is -2.08. The first kappa shape index (κ1) is 21.3. The van der Waals surface area contributed by atoms with Gasteiger partial charge in [0.1, 0.15) is 0 Å². The molecule has 0 atom stereocenters. The van der Waals surface area contributed by atoms with Crippen molar-refractivity contribution in [3.63, 3.8) is 0 Å². The van der Waals surface area contributed by atoms with Gasteiger partial charge in [0, 0.05) is 13.3 Å². The average molecular weight is 310 g/mol. The average Bonchev–Trinajstić information content (AvgIpc) is 2.50. The van der Waals surface area contributed by atoms with Crippen molar-refractivity contribution >= 4 is 11.6 Å². The van der Waals surface area contributed by atoms with E-state index >= 15 is 0 Å². The second-order valence-corrected chi connectivity index (χ2v) is 6.55. The molecule has 0 saturated carbocycles. The van der Waals surface area contributed by atoms with E-state index in [0.29, 0.717) is 6.42 Å². The summed E-state index contributed by atoms with van der Waals surface area (Å²) in [7, 11) is 0. The highest BCUT2D eigenvalue weighted by atomic mass is 16.2. The maximum absolute atomic E-state index is 11.1. The lowest BCUT2D eigenvalue weighted by molar-refractivity contribution is -0.134. The van der Waals surface area contributed by atoms with E-state index in [-0.39, 0.29) is 5.78 Å². The van der Waals surface area contributed by atoms with Crippen LogP contribution in [0.15, 0.2) is 0 Å². The van der Waals surface area contributed by atoms with Crippen molar-refractivity contribution in [2.75, 3.05) is 0 Å². The fourth-order valence-corrected chi connectivity index (χ4v) is 2.80. The number of carbonyl (C=O) groups excluding carboxylic acids is 2. The maximum Gasteiger partial charge on any atom is 0.198 e. The highest BCUT2D eigenvalue weighted by Gasteiger charge is 2.06. The molecular formula is C20H37O2. The number of rotatable bonds is 17. The van der Waals surface area contributed by atoms with Crippen LogP contribution in [0.25, 0.3) is 0 Å². The fourth-order valence-electron chi connectivity index (χ4n) is 2.80. The van der Waals surface area contributed by atoms with Crippen LogP contribution in [0.2, 0.25) is 0 Å². The molecule has 129 valence electrons. The molecule has 0 aromatic heterocycles. The van der Waals surface area contributed by atoms with Gasteiger partial charge in [-0.15, -0.1) is 0 Å². The molecule has 0 aromatic rings. The topological polar surface area (TPSA) is 34.1 Å². The molecular weight excluding hydrogens is 272 g/mol. The van der Waals surface area contributed by atoms with Crippen LogP contribution in [0.1, 0.15) is 110 Å². The molecule has 0 aromatic carbocycles. The molecule has 0 heterocycles. The van der Waals surface area contributed by atoms with Gasteiger partial charge in [0.25, 0.3) is 0 Å². The van der Waals surface area contributed by atoms with Gasteiger partial charge < -0.3 is 0 Å². The van der Waals surface area contributed by atoms with Gasteiger partial charge in [-0.25, -0.2) is 0 Å². The van der Waals surface area contributed by atoms with Crippen LogP contribution in [0.3, 0.4) is 0 Å². The van der Waals surface area contributed by atoms with E-state index in [9.17, 15) is 9.59 Å². The Labute approximate surface area is 138 Å². The molecule has 0 aliphatic rings. The van der Waals surface area contributed by atoms with Crippen molar-refractivity contribution in [3.8, 4) is 0 Å². The summed E-state index contributed by atoms with van der Waals surface area (Å²) in [5.41, 5.74) is 0. The zero-order chi connectivity index (χ0) is 16.5. The van der Waals surface area contributed by atoms with Crippen molar-refractivity contribution < 1.29 is 9.59 Å². The van der Waals surface area contributed by atoms with Gasteiger partial charge in [-0.2, -0.15) is 0 Å². The van der Waals surface area contributed by atoms with E-state index in [1.807, 2.05) is 0 Å². The molecule has 0 aliphatic heterocycles. The Morgan fingerprint density at radius 3 is 1.23 bits per heavy atom. The monoisotopic (exact) mass is 309 g/mol. The van der Waals surface area contributed by atoms with Crippen LogP contribution in [-0.2, 0) is 9.59 Å². The second kappa shape index (κ2) is 16.7. The van der Waals surface area contributed by atoms with E-state index in [1.165, 1.54) is 83.5 Å². The SMILES string of the molecule is [CH2]C(=O)C(=O)CCCCCCCCCCCCCCCCC. The molecule has 2 nitrogen and oxygen atoms in total. The minimum atomic E-state index is -0.537. The summed E-state index contributed by atoms with van der Waals surface area (Å²) in [4.78, 5) is 21.7. The number of Topliss-reactive ketones (excluding diaryl/α,β-unsaturated/α-hetero) is 2. The number of hydrogen-bond acceptors (Lipinski definition) is 2. The third-order valence-electron chi connectivity index (χ3n) is 4.32. The first-order valence-corrected chi connectivity index (χ1v) is 9.57. The zero-order valence-electron chi connectivity index (χ0n) is 14.8. The normalized spacial score (nSPS) is 10.8. The number of ketones is 2. The summed E-state index contributed by atoms with van der Waals surface area (Å²) in [6.07, 6.45) is 20.0. The van der Waals surface area contributed by atoms with Crippen molar-refractivity contribution in [1.29, 1.82) is 0 Å². The lowest BCUT2D eigenvalue weighted by Gasteiger charge is -2.03. The van der Waals surface area contributed by atoms with Crippen LogP contribution in [-0.4, -0.2) is 11.6 Å². The molecule has 0 amide bonds. The van der Waals surface area contributed by atoms with Gasteiger partial charge in [0.15, 0.2) is 11.6 Å². The predicted molar refractivity (Wildman–Crippen MR) is 94.9 cm³/mol. The van der Waals surface area contributed by atoms with Crippen LogP contribution in [0, 0.1) is 6.92 Å². The molecule has 1 radical (unpaired) electrons. The molecule has 0 saturated heterocycles. The van der Waals surface area contributed by atoms with Crippen molar-refractivity contribution in [1.82, 2.24) is 0 Å². The molecule has 2 heteroatoms. The minimum absolute atomic E-state index is 0.310. The molecule has 0 N–H and O–H groups in total. The summed E-state index contributed by atoms with van der Waals surface area (Å²) in [6, 6.07) is 0. The van der Waals surface area contributed by atoms with Crippen molar-refractivity contribution in [2.24, 2.45) is 0 Å². The molecule has 0 bridgehead atoms. The summed E-state index contributed by atoms with van der Waals surface area (Å²) in [5.74, 6) is -0.847. The van der Waals surface area contributed by atoms with E-state index in [0.717, 1.165) is 12.8 Å². The third kappa shape index (κ3) is 15.7. The Hall–Kier alpha value is -0.660. The predicted octanol–water partition coefficient (Wildman–Crippen LogP) is 6.22. The fraction of sp³-hybridized carbons (Fsp3) is 0.850. The Balaban J connectivity index is 3.05. The van der Waals surface area contributed by atoms with Gasteiger partial charge in [-0.1, -0.05) is 96.8 Å². The van der Waals surface area contributed by atoms with E-state index in [4.69, 9.17) is 0 Å². The van der Waals surface area contributed by atoms with Crippen LogP contribution in [0.4, 0.5) is 0 Å². The van der Waals surface area contributed by atoms with Gasteiger partial charge in [0.2, 0.25) is 0 Å². The highest BCUT2D eigenvalue weighted by molar-refractivity contribution is 6.38. The Morgan fingerprint density at radius 1 is 0.591 bits per heavy atom.